The van der Waals surface area contributed by atoms with Crippen molar-refractivity contribution in [2.45, 2.75) is 12.4 Å². The SMILES string of the molecule is CN(Cc1ccc(F)cc1)c1c(F)cccc1CCl. The molecule has 0 radical (unpaired) electrons. The molecule has 0 amide bonds. The van der Waals surface area contributed by atoms with Gasteiger partial charge >= 0.3 is 0 Å². The lowest BCUT2D eigenvalue weighted by molar-refractivity contribution is 0.619. The van der Waals surface area contributed by atoms with E-state index < -0.39 is 0 Å². The van der Waals surface area contributed by atoms with Crippen molar-refractivity contribution in [1.29, 1.82) is 0 Å². The summed E-state index contributed by atoms with van der Waals surface area (Å²) in [5.74, 6) is -0.331. The highest BCUT2D eigenvalue weighted by molar-refractivity contribution is 6.17. The van der Waals surface area contributed by atoms with Gasteiger partial charge in [-0.05, 0) is 29.3 Å². The van der Waals surface area contributed by atoms with Crippen LogP contribution in [0.25, 0.3) is 0 Å². The van der Waals surface area contributed by atoms with Crippen LogP contribution in [0.3, 0.4) is 0 Å². The lowest BCUT2D eigenvalue weighted by Crippen LogP contribution is -2.19. The van der Waals surface area contributed by atoms with Gasteiger partial charge in [-0.15, -0.1) is 11.6 Å². The molecule has 0 fully saturated rings. The van der Waals surface area contributed by atoms with Crippen molar-refractivity contribution in [2.75, 3.05) is 11.9 Å². The van der Waals surface area contributed by atoms with E-state index in [2.05, 4.69) is 0 Å². The summed E-state index contributed by atoms with van der Waals surface area (Å²) in [5, 5.41) is 0. The first-order valence-electron chi connectivity index (χ1n) is 5.90. The van der Waals surface area contributed by atoms with Gasteiger partial charge in [0.2, 0.25) is 0 Å². The highest BCUT2D eigenvalue weighted by Gasteiger charge is 2.12. The maximum Gasteiger partial charge on any atom is 0.146 e. The Morgan fingerprint density at radius 2 is 1.74 bits per heavy atom. The average Bonchev–Trinajstić information content (AvgIpc) is 2.40. The van der Waals surface area contributed by atoms with E-state index in [9.17, 15) is 8.78 Å². The molecule has 0 saturated heterocycles. The molecule has 1 nitrogen and oxygen atoms in total. The van der Waals surface area contributed by atoms with Gasteiger partial charge < -0.3 is 4.90 Å². The van der Waals surface area contributed by atoms with E-state index in [4.69, 9.17) is 11.6 Å². The maximum atomic E-state index is 13.9. The van der Waals surface area contributed by atoms with E-state index in [-0.39, 0.29) is 17.5 Å². The molecule has 2 aromatic rings. The zero-order valence-electron chi connectivity index (χ0n) is 10.5. The molecule has 0 aliphatic heterocycles. The molecule has 0 bridgehead atoms. The van der Waals surface area contributed by atoms with Gasteiger partial charge in [0.25, 0.3) is 0 Å². The topological polar surface area (TPSA) is 3.24 Å². The largest absolute Gasteiger partial charge is 0.368 e. The van der Waals surface area contributed by atoms with Crippen molar-refractivity contribution < 1.29 is 8.78 Å². The zero-order valence-corrected chi connectivity index (χ0v) is 11.3. The second kappa shape index (κ2) is 6.02. The minimum Gasteiger partial charge on any atom is -0.368 e. The van der Waals surface area contributed by atoms with E-state index in [0.29, 0.717) is 12.2 Å². The monoisotopic (exact) mass is 281 g/mol. The Hall–Kier alpha value is -1.61. The maximum absolute atomic E-state index is 13.9. The molecule has 0 spiro atoms. The van der Waals surface area contributed by atoms with Gasteiger partial charge in [0.1, 0.15) is 11.6 Å². The summed E-state index contributed by atoms with van der Waals surface area (Å²) in [6.07, 6.45) is 0. The normalized spacial score (nSPS) is 10.5. The van der Waals surface area contributed by atoms with Gasteiger partial charge in [-0.3, -0.25) is 0 Å². The van der Waals surface area contributed by atoms with Crippen LogP contribution in [0.5, 0.6) is 0 Å². The Morgan fingerprint density at radius 1 is 1.05 bits per heavy atom. The van der Waals surface area contributed by atoms with Crippen LogP contribution in [-0.2, 0) is 12.4 Å². The van der Waals surface area contributed by atoms with Crippen molar-refractivity contribution in [1.82, 2.24) is 0 Å². The van der Waals surface area contributed by atoms with Gasteiger partial charge in [-0.2, -0.15) is 0 Å². The van der Waals surface area contributed by atoms with Crippen molar-refractivity contribution in [3.63, 3.8) is 0 Å². The quantitative estimate of drug-likeness (QED) is 0.754. The molecular weight excluding hydrogens is 268 g/mol. The number of hydrogen-bond donors (Lipinski definition) is 0. The third kappa shape index (κ3) is 3.24. The van der Waals surface area contributed by atoms with Crippen LogP contribution in [0.2, 0.25) is 0 Å². The molecule has 2 aromatic carbocycles. The molecule has 0 atom stereocenters. The molecular formula is C15H14ClF2N. The molecule has 0 saturated carbocycles. The Kier molecular flexibility index (Phi) is 4.38. The number of rotatable bonds is 4. The summed E-state index contributed by atoms with van der Waals surface area (Å²) in [4.78, 5) is 1.78. The van der Waals surface area contributed by atoms with Crippen molar-refractivity contribution in [2.24, 2.45) is 0 Å². The molecule has 0 aliphatic carbocycles. The van der Waals surface area contributed by atoms with Gasteiger partial charge in [-0.25, -0.2) is 8.78 Å². The molecule has 0 aromatic heterocycles. The Morgan fingerprint density at radius 3 is 2.37 bits per heavy atom. The van der Waals surface area contributed by atoms with Crippen LogP contribution >= 0.6 is 11.6 Å². The number of hydrogen-bond acceptors (Lipinski definition) is 1. The van der Waals surface area contributed by atoms with E-state index >= 15 is 0 Å². The predicted octanol–water partition coefficient (Wildman–Crippen LogP) is 4.34. The highest BCUT2D eigenvalue weighted by atomic mass is 35.5. The van der Waals surface area contributed by atoms with Gasteiger partial charge in [0, 0.05) is 19.5 Å². The lowest BCUT2D eigenvalue weighted by Gasteiger charge is -2.22. The van der Waals surface area contributed by atoms with Gasteiger partial charge in [0.05, 0.1) is 5.69 Å². The minimum atomic E-state index is -0.303. The van der Waals surface area contributed by atoms with E-state index in [1.54, 1.807) is 36.2 Å². The second-order valence-electron chi connectivity index (χ2n) is 4.36. The van der Waals surface area contributed by atoms with Gasteiger partial charge in [0.15, 0.2) is 0 Å². The molecule has 0 heterocycles. The number of para-hydroxylation sites is 1. The van der Waals surface area contributed by atoms with Crippen LogP contribution < -0.4 is 4.90 Å². The average molecular weight is 282 g/mol. The highest BCUT2D eigenvalue weighted by Crippen LogP contribution is 2.26. The van der Waals surface area contributed by atoms with Crippen molar-refractivity contribution in [3.8, 4) is 0 Å². The fraction of sp³-hybridized carbons (Fsp3) is 0.200. The summed E-state index contributed by atoms with van der Waals surface area (Å²) < 4.78 is 26.7. The first-order valence-corrected chi connectivity index (χ1v) is 6.44. The second-order valence-corrected chi connectivity index (χ2v) is 4.63. The molecule has 100 valence electrons. The third-order valence-corrected chi connectivity index (χ3v) is 3.22. The number of anilines is 1. The molecule has 19 heavy (non-hydrogen) atoms. The predicted molar refractivity (Wildman–Crippen MR) is 74.5 cm³/mol. The number of alkyl halides is 1. The molecule has 0 aliphatic rings. The lowest BCUT2D eigenvalue weighted by atomic mass is 10.1. The number of nitrogens with zero attached hydrogens (tertiary/aromatic N) is 1. The molecule has 2 rings (SSSR count). The zero-order chi connectivity index (χ0) is 13.8. The first kappa shape index (κ1) is 13.8. The Bertz CT molecular complexity index is 555. The van der Waals surface area contributed by atoms with E-state index in [1.165, 1.54) is 18.2 Å². The van der Waals surface area contributed by atoms with Crippen LogP contribution in [-0.4, -0.2) is 7.05 Å². The number of benzene rings is 2. The smallest absolute Gasteiger partial charge is 0.146 e. The Balaban J connectivity index is 2.24. The molecule has 0 N–H and O–H groups in total. The first-order chi connectivity index (χ1) is 9.11. The minimum absolute atomic E-state index is 0.251. The summed E-state index contributed by atoms with van der Waals surface area (Å²) in [6.45, 7) is 0.491. The van der Waals surface area contributed by atoms with Crippen molar-refractivity contribution >= 4 is 17.3 Å². The fourth-order valence-electron chi connectivity index (χ4n) is 2.04. The van der Waals surface area contributed by atoms with Crippen molar-refractivity contribution in [3.05, 3.63) is 65.2 Å². The van der Waals surface area contributed by atoms with Crippen LogP contribution in [0.15, 0.2) is 42.5 Å². The summed E-state index contributed by atoms with van der Waals surface area (Å²) in [5.41, 5.74) is 2.14. The summed E-state index contributed by atoms with van der Waals surface area (Å²) >= 11 is 5.83. The standard InChI is InChI=1S/C15H14ClF2N/c1-19(10-11-5-7-13(17)8-6-11)15-12(9-16)3-2-4-14(15)18/h2-8H,9-10H2,1H3. The molecule has 0 unspecified atom stereocenters. The summed E-state index contributed by atoms with van der Waals surface area (Å²) in [7, 11) is 1.79. The Labute approximate surface area is 116 Å². The fourth-order valence-corrected chi connectivity index (χ4v) is 2.25. The van der Waals surface area contributed by atoms with E-state index in [0.717, 1.165) is 11.1 Å². The third-order valence-electron chi connectivity index (χ3n) is 2.93. The van der Waals surface area contributed by atoms with E-state index in [1.807, 2.05) is 0 Å². The van der Waals surface area contributed by atoms with Crippen LogP contribution in [0.4, 0.5) is 14.5 Å². The molecule has 4 heteroatoms. The summed E-state index contributed by atoms with van der Waals surface area (Å²) in [6, 6.07) is 11.0. The number of halogens is 3. The van der Waals surface area contributed by atoms with Gasteiger partial charge in [-0.1, -0.05) is 24.3 Å². The van der Waals surface area contributed by atoms with Crippen LogP contribution in [0, 0.1) is 11.6 Å². The van der Waals surface area contributed by atoms with Crippen LogP contribution in [0.1, 0.15) is 11.1 Å².